The molecule has 0 aliphatic heterocycles. The molecular weight excluding hydrogens is 188 g/mol. The van der Waals surface area contributed by atoms with Gasteiger partial charge in [-0.15, -0.1) is 11.8 Å². The Morgan fingerprint density at radius 2 is 2.00 bits per heavy atom. The van der Waals surface area contributed by atoms with Crippen LogP contribution in [0.1, 0.15) is 19.4 Å². The van der Waals surface area contributed by atoms with Crippen LogP contribution in [0.2, 0.25) is 5.02 Å². The summed E-state index contributed by atoms with van der Waals surface area (Å²) in [5, 5.41) is 0.880. The number of halogens is 1. The van der Waals surface area contributed by atoms with E-state index in [9.17, 15) is 0 Å². The van der Waals surface area contributed by atoms with Crippen molar-refractivity contribution in [2.24, 2.45) is 0 Å². The van der Waals surface area contributed by atoms with Crippen molar-refractivity contribution in [2.75, 3.05) is 6.26 Å². The summed E-state index contributed by atoms with van der Waals surface area (Å²) in [6.45, 7) is 4.15. The number of hydrogen-bond acceptors (Lipinski definition) is 1. The van der Waals surface area contributed by atoms with Crippen LogP contribution in [0.4, 0.5) is 0 Å². The first-order valence-electron chi connectivity index (χ1n) is 3.80. The first-order chi connectivity index (χ1) is 5.66. The highest BCUT2D eigenvalue weighted by Gasteiger charge is 2.07. The summed E-state index contributed by atoms with van der Waals surface area (Å²) >= 11 is 7.84. The molecule has 0 fully saturated rings. The Kier molecular flexibility index (Phi) is 3.48. The fourth-order valence-electron chi connectivity index (χ4n) is 1.05. The van der Waals surface area contributed by atoms with E-state index in [1.165, 1.54) is 5.92 Å². The van der Waals surface area contributed by atoms with E-state index in [0.29, 0.717) is 0 Å². The summed E-state index contributed by atoms with van der Waals surface area (Å²) in [6.07, 6.45) is 2.04. The van der Waals surface area contributed by atoms with Gasteiger partial charge in [-0.05, 0) is 17.9 Å². The molecule has 0 N–H and O–H groups in total. The lowest BCUT2D eigenvalue weighted by Gasteiger charge is -2.09. The molecule has 0 aliphatic rings. The van der Waals surface area contributed by atoms with Gasteiger partial charge in [0.2, 0.25) is 0 Å². The monoisotopic (exact) mass is 199 g/mol. The standard InChI is InChI=1S/C10H12ClS/c1-7(2)8-5-4-6-9(12-3)10(8)11/h4-6H,1-3H3. The molecule has 0 heterocycles. The van der Waals surface area contributed by atoms with Gasteiger partial charge in [0, 0.05) is 10.8 Å². The maximum atomic E-state index is 6.16. The van der Waals surface area contributed by atoms with Crippen molar-refractivity contribution in [2.45, 2.75) is 18.7 Å². The first-order valence-corrected chi connectivity index (χ1v) is 5.40. The molecule has 2 heteroatoms. The third kappa shape index (κ3) is 1.96. The molecular formula is C10H12ClS. The molecule has 12 heavy (non-hydrogen) atoms. The van der Waals surface area contributed by atoms with E-state index in [4.69, 9.17) is 11.6 Å². The van der Waals surface area contributed by atoms with Gasteiger partial charge in [0.05, 0.1) is 5.02 Å². The average molecular weight is 200 g/mol. The quantitative estimate of drug-likeness (QED) is 0.649. The lowest BCUT2D eigenvalue weighted by molar-refractivity contribution is 1.13. The van der Waals surface area contributed by atoms with Crippen LogP contribution in [0.3, 0.4) is 0 Å². The third-order valence-electron chi connectivity index (χ3n) is 1.72. The van der Waals surface area contributed by atoms with Crippen molar-refractivity contribution in [3.05, 3.63) is 34.7 Å². The third-order valence-corrected chi connectivity index (χ3v) is 3.02. The summed E-state index contributed by atoms with van der Waals surface area (Å²) in [4.78, 5) is 1.15. The molecule has 1 aromatic carbocycles. The van der Waals surface area contributed by atoms with Crippen LogP contribution in [-0.4, -0.2) is 6.26 Å². The average Bonchev–Trinajstić information content (AvgIpc) is 2.04. The molecule has 65 valence electrons. The van der Waals surface area contributed by atoms with Gasteiger partial charge in [0.1, 0.15) is 0 Å². The molecule has 0 amide bonds. The van der Waals surface area contributed by atoms with Crippen LogP contribution in [0.25, 0.3) is 0 Å². The van der Waals surface area contributed by atoms with Crippen LogP contribution < -0.4 is 0 Å². The van der Waals surface area contributed by atoms with E-state index < -0.39 is 0 Å². The summed E-state index contributed by atoms with van der Waals surface area (Å²) in [5.41, 5.74) is 1.16. The molecule has 0 spiro atoms. The molecule has 1 rings (SSSR count). The van der Waals surface area contributed by atoms with E-state index in [0.717, 1.165) is 15.5 Å². The van der Waals surface area contributed by atoms with Gasteiger partial charge in [0.25, 0.3) is 0 Å². The topological polar surface area (TPSA) is 0 Å². The van der Waals surface area contributed by atoms with Crippen molar-refractivity contribution >= 4 is 23.4 Å². The number of rotatable bonds is 2. The van der Waals surface area contributed by atoms with Crippen molar-refractivity contribution in [3.63, 3.8) is 0 Å². The lowest BCUT2D eigenvalue weighted by Crippen LogP contribution is -1.90. The number of benzene rings is 1. The fraction of sp³-hybridized carbons (Fsp3) is 0.300. The van der Waals surface area contributed by atoms with Crippen LogP contribution in [0.15, 0.2) is 23.1 Å². The van der Waals surface area contributed by atoms with Gasteiger partial charge in [0.15, 0.2) is 0 Å². The summed E-state index contributed by atoms with van der Waals surface area (Å²) in [5.74, 6) is 1.26. The number of thioether (sulfide) groups is 1. The summed E-state index contributed by atoms with van der Waals surface area (Å²) < 4.78 is 0. The molecule has 0 saturated heterocycles. The number of hydrogen-bond donors (Lipinski definition) is 0. The molecule has 0 bridgehead atoms. The second kappa shape index (κ2) is 4.20. The predicted molar refractivity (Wildman–Crippen MR) is 56.9 cm³/mol. The Morgan fingerprint density at radius 1 is 1.33 bits per heavy atom. The van der Waals surface area contributed by atoms with Crippen molar-refractivity contribution < 1.29 is 0 Å². The van der Waals surface area contributed by atoms with E-state index in [-0.39, 0.29) is 0 Å². The zero-order chi connectivity index (χ0) is 9.14. The minimum atomic E-state index is 0.880. The van der Waals surface area contributed by atoms with Gasteiger partial charge in [-0.2, -0.15) is 0 Å². The second-order valence-electron chi connectivity index (χ2n) is 2.82. The Bertz CT molecular complexity index is 269. The van der Waals surface area contributed by atoms with E-state index in [2.05, 4.69) is 19.9 Å². The zero-order valence-corrected chi connectivity index (χ0v) is 9.09. The van der Waals surface area contributed by atoms with Gasteiger partial charge in [-0.3, -0.25) is 0 Å². The first kappa shape index (κ1) is 9.94. The predicted octanol–water partition coefficient (Wildman–Crippen LogP) is 4.02. The Labute approximate surface area is 83.3 Å². The minimum Gasteiger partial charge on any atom is -0.128 e. The van der Waals surface area contributed by atoms with E-state index in [1.54, 1.807) is 11.8 Å². The Balaban J connectivity index is 3.14. The molecule has 0 atom stereocenters. The van der Waals surface area contributed by atoms with Crippen molar-refractivity contribution in [3.8, 4) is 0 Å². The molecule has 0 nitrogen and oxygen atoms in total. The smallest absolute Gasteiger partial charge is 0.0579 e. The Hall–Kier alpha value is -0.140. The van der Waals surface area contributed by atoms with Crippen LogP contribution in [0.5, 0.6) is 0 Å². The van der Waals surface area contributed by atoms with Crippen molar-refractivity contribution in [1.29, 1.82) is 0 Å². The van der Waals surface area contributed by atoms with Gasteiger partial charge in [-0.1, -0.05) is 37.6 Å². The second-order valence-corrected chi connectivity index (χ2v) is 4.05. The van der Waals surface area contributed by atoms with E-state index >= 15 is 0 Å². The molecule has 1 radical (unpaired) electrons. The van der Waals surface area contributed by atoms with Gasteiger partial charge < -0.3 is 0 Å². The molecule has 0 aromatic heterocycles. The van der Waals surface area contributed by atoms with Crippen LogP contribution >= 0.6 is 23.4 Å². The minimum absolute atomic E-state index is 0.880. The summed E-state index contributed by atoms with van der Waals surface area (Å²) in [6, 6.07) is 6.14. The summed E-state index contributed by atoms with van der Waals surface area (Å²) in [7, 11) is 0. The lowest BCUT2D eigenvalue weighted by atomic mass is 10.0. The SMILES string of the molecule is CSc1cccc([C](C)C)c1Cl. The molecule has 1 aromatic rings. The van der Waals surface area contributed by atoms with Gasteiger partial charge in [-0.25, -0.2) is 0 Å². The highest BCUT2D eigenvalue weighted by Crippen LogP contribution is 2.31. The molecule has 0 unspecified atom stereocenters. The highest BCUT2D eigenvalue weighted by molar-refractivity contribution is 7.98. The maximum Gasteiger partial charge on any atom is 0.0579 e. The van der Waals surface area contributed by atoms with Crippen LogP contribution in [-0.2, 0) is 0 Å². The van der Waals surface area contributed by atoms with Crippen LogP contribution in [0, 0.1) is 5.92 Å². The zero-order valence-electron chi connectivity index (χ0n) is 7.52. The molecule has 0 saturated carbocycles. The van der Waals surface area contributed by atoms with E-state index in [1.807, 2.05) is 18.4 Å². The maximum absolute atomic E-state index is 6.16. The van der Waals surface area contributed by atoms with Crippen molar-refractivity contribution in [1.82, 2.24) is 0 Å². The Morgan fingerprint density at radius 3 is 2.50 bits per heavy atom. The normalized spacial score (nSPS) is 10.8. The fourth-order valence-corrected chi connectivity index (χ4v) is 2.10. The molecule has 0 aliphatic carbocycles. The highest BCUT2D eigenvalue weighted by atomic mass is 35.5. The largest absolute Gasteiger partial charge is 0.128 e. The van der Waals surface area contributed by atoms with Gasteiger partial charge >= 0.3 is 0 Å².